The Hall–Kier alpha value is -1.94. The first kappa shape index (κ1) is 25.7. The van der Waals surface area contributed by atoms with E-state index in [1.807, 2.05) is 11.8 Å². The molecule has 33 heavy (non-hydrogen) atoms. The maximum atomic E-state index is 12.0. The van der Waals surface area contributed by atoms with E-state index in [2.05, 4.69) is 33.4 Å². The van der Waals surface area contributed by atoms with Crippen LogP contribution in [0.25, 0.3) is 0 Å². The lowest BCUT2D eigenvalue weighted by atomic mass is 10.0. The molecule has 4 N–H and O–H groups in total. The van der Waals surface area contributed by atoms with Crippen molar-refractivity contribution in [2.24, 2.45) is 0 Å². The van der Waals surface area contributed by atoms with E-state index in [0.717, 1.165) is 57.1 Å². The Morgan fingerprint density at radius 2 is 1.88 bits per heavy atom. The van der Waals surface area contributed by atoms with Gasteiger partial charge in [-0.25, -0.2) is 9.59 Å². The van der Waals surface area contributed by atoms with E-state index in [1.54, 1.807) is 0 Å². The summed E-state index contributed by atoms with van der Waals surface area (Å²) in [6, 6.07) is 0.416. The van der Waals surface area contributed by atoms with Crippen molar-refractivity contribution in [3.05, 3.63) is 12.2 Å². The molecule has 186 valence electrons. The van der Waals surface area contributed by atoms with Gasteiger partial charge in [-0.2, -0.15) is 11.8 Å². The average Bonchev–Trinajstić information content (AvgIpc) is 3.31. The second-order valence-corrected chi connectivity index (χ2v) is 10.0. The van der Waals surface area contributed by atoms with Crippen LogP contribution in [0.1, 0.15) is 57.8 Å². The molecule has 0 radical (unpaired) electrons. The van der Waals surface area contributed by atoms with Gasteiger partial charge in [-0.05, 0) is 44.9 Å². The molecule has 0 spiro atoms. The number of ether oxygens (including phenoxy) is 2. The van der Waals surface area contributed by atoms with Crippen LogP contribution in [0.5, 0.6) is 0 Å². The molecule has 2 aliphatic heterocycles. The Balaban J connectivity index is 1.11. The van der Waals surface area contributed by atoms with E-state index < -0.39 is 0 Å². The number of fused-ring (bicyclic) bond motifs is 1. The molecule has 2 heterocycles. The van der Waals surface area contributed by atoms with Crippen molar-refractivity contribution in [1.29, 1.82) is 0 Å². The number of rotatable bonds is 12. The average molecular weight is 483 g/mol. The highest BCUT2D eigenvalue weighted by Gasteiger charge is 2.42. The summed E-state index contributed by atoms with van der Waals surface area (Å²) >= 11 is 1.90. The van der Waals surface area contributed by atoms with Crippen molar-refractivity contribution in [3.8, 4) is 0 Å². The fourth-order valence-electron chi connectivity index (χ4n) is 4.39. The molecule has 10 heteroatoms. The number of unbranched alkanes of at least 4 members (excludes halogenated alkanes) is 1. The highest BCUT2D eigenvalue weighted by molar-refractivity contribution is 8.00. The molecule has 0 bridgehead atoms. The van der Waals surface area contributed by atoms with Gasteiger partial charge >= 0.3 is 12.1 Å². The maximum Gasteiger partial charge on any atom is 0.407 e. The second kappa shape index (κ2) is 14.3. The lowest BCUT2D eigenvalue weighted by Crippen LogP contribution is -2.36. The molecular formula is C23H38N4O5S. The monoisotopic (exact) mass is 482 g/mol. The van der Waals surface area contributed by atoms with Crippen LogP contribution in [0, 0.1) is 0 Å². The van der Waals surface area contributed by atoms with Crippen LogP contribution in [0.4, 0.5) is 9.59 Å². The van der Waals surface area contributed by atoms with Gasteiger partial charge in [0.15, 0.2) is 0 Å². The molecule has 1 aliphatic carbocycles. The molecule has 3 rings (SSSR count). The fraction of sp³-hybridized carbons (Fsp3) is 0.783. The van der Waals surface area contributed by atoms with E-state index in [0.29, 0.717) is 38.0 Å². The van der Waals surface area contributed by atoms with Crippen molar-refractivity contribution in [3.63, 3.8) is 0 Å². The lowest BCUT2D eigenvalue weighted by molar-refractivity contribution is -0.121. The molecule has 3 aliphatic rings. The number of carbonyl (C=O) groups excluding carboxylic acids is 3. The van der Waals surface area contributed by atoms with Crippen molar-refractivity contribution >= 4 is 29.8 Å². The minimum atomic E-state index is -0.389. The van der Waals surface area contributed by atoms with Crippen LogP contribution >= 0.6 is 11.8 Å². The summed E-state index contributed by atoms with van der Waals surface area (Å²) in [5.41, 5.74) is 0. The van der Waals surface area contributed by atoms with E-state index in [1.165, 1.54) is 0 Å². The molecule has 4 atom stereocenters. The number of hydrogen-bond acceptors (Lipinski definition) is 6. The summed E-state index contributed by atoms with van der Waals surface area (Å²) in [5, 5.41) is 12.0. The third-order valence-electron chi connectivity index (χ3n) is 6.16. The zero-order chi connectivity index (χ0) is 23.3. The fourth-order valence-corrected chi connectivity index (χ4v) is 5.93. The summed E-state index contributed by atoms with van der Waals surface area (Å²) < 4.78 is 10.9. The smallest absolute Gasteiger partial charge is 0.407 e. The van der Waals surface area contributed by atoms with Crippen molar-refractivity contribution in [2.75, 3.05) is 32.1 Å². The number of thioether (sulfide) groups is 1. The van der Waals surface area contributed by atoms with Gasteiger partial charge in [0.1, 0.15) is 6.10 Å². The van der Waals surface area contributed by atoms with E-state index in [9.17, 15) is 14.4 Å². The molecule has 2 fully saturated rings. The molecule has 0 aromatic carbocycles. The standard InChI is InChI=1S/C23H38N4O5S/c28-20(11-7-6-10-19-21-18(16-33-19)26-22(29)27-21)24-12-14-31-15-13-25-23(30)32-17-8-4-2-1-3-5-9-17/h1-2,17-19,21H,3-16H2,(H,24,28)(H,25,30)(H2,26,27,29)/b2-1-/t17?,18-,19-,21-/m1/s1. The zero-order valence-electron chi connectivity index (χ0n) is 19.3. The van der Waals surface area contributed by atoms with Gasteiger partial charge in [0.2, 0.25) is 5.91 Å². The number of allylic oxidation sites excluding steroid dienone is 2. The highest BCUT2D eigenvalue weighted by Crippen LogP contribution is 2.33. The van der Waals surface area contributed by atoms with Crippen LogP contribution in [-0.4, -0.2) is 73.5 Å². The predicted molar refractivity (Wildman–Crippen MR) is 128 cm³/mol. The Labute approximate surface area is 200 Å². The minimum absolute atomic E-state index is 0.0134. The van der Waals surface area contributed by atoms with E-state index in [-0.39, 0.29) is 36.2 Å². The van der Waals surface area contributed by atoms with Gasteiger partial charge in [0, 0.05) is 30.5 Å². The van der Waals surface area contributed by atoms with Gasteiger partial charge in [0.25, 0.3) is 0 Å². The summed E-state index contributed by atoms with van der Waals surface area (Å²) in [5.74, 6) is 0.992. The third-order valence-corrected chi connectivity index (χ3v) is 7.67. The van der Waals surface area contributed by atoms with Gasteiger partial charge in [-0.3, -0.25) is 4.79 Å². The first-order valence-corrected chi connectivity index (χ1v) is 13.3. The number of hydrogen-bond donors (Lipinski definition) is 4. The molecule has 2 saturated heterocycles. The summed E-state index contributed by atoms with van der Waals surface area (Å²) in [6.07, 6.45) is 12.1. The highest BCUT2D eigenvalue weighted by atomic mass is 32.2. The van der Waals surface area contributed by atoms with Crippen molar-refractivity contribution in [2.45, 2.75) is 81.2 Å². The molecule has 9 nitrogen and oxygen atoms in total. The number of amides is 4. The molecule has 1 unspecified atom stereocenters. The van der Waals surface area contributed by atoms with Gasteiger partial charge in [-0.1, -0.05) is 18.6 Å². The number of urea groups is 1. The third kappa shape index (κ3) is 9.44. The largest absolute Gasteiger partial charge is 0.446 e. The number of alkyl carbamates (subject to hydrolysis) is 1. The quantitative estimate of drug-likeness (QED) is 0.193. The zero-order valence-corrected chi connectivity index (χ0v) is 20.1. The Kier molecular flexibility index (Phi) is 11.2. The van der Waals surface area contributed by atoms with E-state index >= 15 is 0 Å². The SMILES string of the molecule is O=C(CCCC[C@H]1SC[C@H]2NC(=O)N[C@H]21)NCCOCCNC(=O)OC1CC/C=C\CCC1. The van der Waals surface area contributed by atoms with Crippen LogP contribution < -0.4 is 21.3 Å². The van der Waals surface area contributed by atoms with E-state index in [4.69, 9.17) is 9.47 Å². The first-order chi connectivity index (χ1) is 16.1. The molecule has 0 saturated carbocycles. The predicted octanol–water partition coefficient (Wildman–Crippen LogP) is 2.46. The van der Waals surface area contributed by atoms with Crippen molar-refractivity contribution in [1.82, 2.24) is 21.3 Å². The minimum Gasteiger partial charge on any atom is -0.446 e. The second-order valence-electron chi connectivity index (χ2n) is 8.76. The summed E-state index contributed by atoms with van der Waals surface area (Å²) in [4.78, 5) is 35.2. The van der Waals surface area contributed by atoms with Crippen LogP contribution in [0.3, 0.4) is 0 Å². The van der Waals surface area contributed by atoms with Crippen LogP contribution in [0.2, 0.25) is 0 Å². The van der Waals surface area contributed by atoms with Crippen LogP contribution in [-0.2, 0) is 14.3 Å². The molecule has 0 aromatic heterocycles. The number of nitrogens with one attached hydrogen (secondary N) is 4. The topological polar surface area (TPSA) is 118 Å². The lowest BCUT2D eigenvalue weighted by Gasteiger charge is -2.18. The summed E-state index contributed by atoms with van der Waals surface area (Å²) in [7, 11) is 0. The number of carbonyl (C=O) groups is 3. The van der Waals surface area contributed by atoms with Gasteiger partial charge in [0.05, 0.1) is 25.3 Å². The van der Waals surface area contributed by atoms with Crippen LogP contribution in [0.15, 0.2) is 12.2 Å². The molecular weight excluding hydrogens is 444 g/mol. The summed E-state index contributed by atoms with van der Waals surface area (Å²) in [6.45, 7) is 1.63. The Bertz CT molecular complexity index is 677. The Morgan fingerprint density at radius 1 is 1.06 bits per heavy atom. The Morgan fingerprint density at radius 3 is 2.76 bits per heavy atom. The van der Waals surface area contributed by atoms with Gasteiger partial charge < -0.3 is 30.7 Å². The normalized spacial score (nSPS) is 27.5. The first-order valence-electron chi connectivity index (χ1n) is 12.2. The van der Waals surface area contributed by atoms with Crippen molar-refractivity contribution < 1.29 is 23.9 Å². The molecule has 0 aromatic rings. The maximum absolute atomic E-state index is 12.0. The molecule has 4 amide bonds. The van der Waals surface area contributed by atoms with Gasteiger partial charge in [-0.15, -0.1) is 0 Å².